The molecular weight excluding hydrogens is 456 g/mol. The molecule has 0 spiro atoms. The maximum atomic E-state index is 12.6. The van der Waals surface area contributed by atoms with Gasteiger partial charge < -0.3 is 16.0 Å². The fourth-order valence-corrected chi connectivity index (χ4v) is 3.62. The van der Waals surface area contributed by atoms with Crippen molar-refractivity contribution >= 4 is 45.6 Å². The highest BCUT2D eigenvalue weighted by Gasteiger charge is 2.09. The molecule has 3 heterocycles. The van der Waals surface area contributed by atoms with Crippen molar-refractivity contribution in [1.82, 2.24) is 24.5 Å². The molecule has 3 N–H and O–H groups in total. The van der Waals surface area contributed by atoms with Crippen LogP contribution in [0.3, 0.4) is 0 Å². The molecule has 1 amide bonds. The number of benzene rings is 2. The Morgan fingerprint density at radius 3 is 2.33 bits per heavy atom. The van der Waals surface area contributed by atoms with E-state index in [-0.39, 0.29) is 18.0 Å². The lowest BCUT2D eigenvalue weighted by Gasteiger charge is -2.11. The molecule has 178 valence electrons. The Morgan fingerprint density at radius 2 is 1.56 bits per heavy atom. The number of pyridine rings is 1. The van der Waals surface area contributed by atoms with E-state index in [9.17, 15) is 9.59 Å². The second kappa shape index (κ2) is 10.0. The van der Waals surface area contributed by atoms with Gasteiger partial charge in [-0.3, -0.25) is 14.2 Å². The minimum Gasteiger partial charge on any atom is -0.340 e. The molecule has 5 aromatic rings. The van der Waals surface area contributed by atoms with E-state index in [0.717, 1.165) is 5.69 Å². The van der Waals surface area contributed by atoms with Crippen molar-refractivity contribution < 1.29 is 4.79 Å². The largest absolute Gasteiger partial charge is 0.340 e. The van der Waals surface area contributed by atoms with Crippen LogP contribution in [-0.2, 0) is 11.3 Å². The number of anilines is 5. The molecule has 0 unspecified atom stereocenters. The summed E-state index contributed by atoms with van der Waals surface area (Å²) in [5.41, 5.74) is 1.72. The first-order chi connectivity index (χ1) is 17.5. The maximum absolute atomic E-state index is 12.6. The molecule has 5 rings (SSSR count). The SMILES string of the molecule is Cc1nc(Nc2ccc(NC(=O)Cn3cnc4ccccc4c3=O)cc2)cc(Nc2ccccn2)n1. The highest BCUT2D eigenvalue weighted by molar-refractivity contribution is 5.91. The van der Waals surface area contributed by atoms with E-state index in [1.54, 1.807) is 42.6 Å². The zero-order valence-electron chi connectivity index (χ0n) is 19.3. The number of hydrogen-bond acceptors (Lipinski definition) is 8. The summed E-state index contributed by atoms with van der Waals surface area (Å²) in [7, 11) is 0. The van der Waals surface area contributed by atoms with Crippen LogP contribution in [0, 0.1) is 6.92 Å². The van der Waals surface area contributed by atoms with Crippen LogP contribution >= 0.6 is 0 Å². The highest BCUT2D eigenvalue weighted by atomic mass is 16.2. The van der Waals surface area contributed by atoms with Crippen LogP contribution in [0.1, 0.15) is 5.82 Å². The fourth-order valence-electron chi connectivity index (χ4n) is 3.62. The van der Waals surface area contributed by atoms with Gasteiger partial charge in [-0.25, -0.2) is 19.9 Å². The van der Waals surface area contributed by atoms with Crippen LogP contribution < -0.4 is 21.5 Å². The summed E-state index contributed by atoms with van der Waals surface area (Å²) in [4.78, 5) is 42.4. The lowest BCUT2D eigenvalue weighted by Crippen LogP contribution is -2.27. The molecule has 0 saturated carbocycles. The Morgan fingerprint density at radius 1 is 0.833 bits per heavy atom. The first-order valence-electron chi connectivity index (χ1n) is 11.2. The van der Waals surface area contributed by atoms with E-state index in [1.165, 1.54) is 10.9 Å². The molecular formula is C26H22N8O2. The Bertz CT molecular complexity index is 1580. The van der Waals surface area contributed by atoms with Gasteiger partial charge in [0.05, 0.1) is 17.2 Å². The maximum Gasteiger partial charge on any atom is 0.261 e. The number of nitrogens with one attached hydrogen (secondary N) is 3. The van der Waals surface area contributed by atoms with Gasteiger partial charge >= 0.3 is 0 Å². The number of hydrogen-bond donors (Lipinski definition) is 3. The van der Waals surface area contributed by atoms with Gasteiger partial charge in [-0.15, -0.1) is 0 Å². The van der Waals surface area contributed by atoms with Gasteiger partial charge in [0, 0.05) is 23.6 Å². The molecule has 0 aliphatic heterocycles. The van der Waals surface area contributed by atoms with Gasteiger partial charge in [-0.2, -0.15) is 0 Å². The van der Waals surface area contributed by atoms with Crippen molar-refractivity contribution in [3.05, 3.63) is 101 Å². The third-order valence-electron chi connectivity index (χ3n) is 5.25. The summed E-state index contributed by atoms with van der Waals surface area (Å²) in [6.45, 7) is 1.67. The summed E-state index contributed by atoms with van der Waals surface area (Å²) in [5, 5.41) is 9.67. The molecule has 36 heavy (non-hydrogen) atoms. The number of fused-ring (bicyclic) bond motifs is 1. The van der Waals surface area contributed by atoms with E-state index in [0.29, 0.717) is 39.9 Å². The number of aryl methyl sites for hydroxylation is 1. The Balaban J connectivity index is 1.23. The summed E-state index contributed by atoms with van der Waals surface area (Å²) >= 11 is 0. The summed E-state index contributed by atoms with van der Waals surface area (Å²) in [6, 6.07) is 21.6. The second-order valence-electron chi connectivity index (χ2n) is 7.97. The van der Waals surface area contributed by atoms with Crippen molar-refractivity contribution in [2.45, 2.75) is 13.5 Å². The van der Waals surface area contributed by atoms with Crippen LogP contribution in [0.2, 0.25) is 0 Å². The Hall–Kier alpha value is -5.12. The predicted octanol–water partition coefficient (Wildman–Crippen LogP) is 4.02. The van der Waals surface area contributed by atoms with Crippen LogP contribution in [0.4, 0.5) is 28.8 Å². The predicted molar refractivity (Wildman–Crippen MR) is 139 cm³/mol. The smallest absolute Gasteiger partial charge is 0.261 e. The van der Waals surface area contributed by atoms with Crippen LogP contribution in [0.15, 0.2) is 90.1 Å². The standard InChI is InChI=1S/C26H22N8O2/c1-17-29-23(14-24(30-17)33-22-8-4-5-13-27-22)31-18-9-11-19(12-10-18)32-25(35)15-34-16-28-21-7-3-2-6-20(21)26(34)36/h2-14,16H,15H2,1H3,(H,32,35)(H2,27,29,30,31,33). The van der Waals surface area contributed by atoms with Crippen LogP contribution in [-0.4, -0.2) is 30.4 Å². The molecule has 0 bridgehead atoms. The molecule has 10 nitrogen and oxygen atoms in total. The number of carbonyl (C=O) groups is 1. The third-order valence-corrected chi connectivity index (χ3v) is 5.25. The number of amides is 1. The molecule has 2 aromatic carbocycles. The molecule has 10 heteroatoms. The average molecular weight is 479 g/mol. The van der Waals surface area contributed by atoms with Crippen molar-refractivity contribution in [3.63, 3.8) is 0 Å². The number of para-hydroxylation sites is 1. The highest BCUT2D eigenvalue weighted by Crippen LogP contribution is 2.21. The summed E-state index contributed by atoms with van der Waals surface area (Å²) < 4.78 is 1.29. The zero-order valence-corrected chi connectivity index (χ0v) is 19.3. The summed E-state index contributed by atoms with van der Waals surface area (Å²) in [6.07, 6.45) is 3.09. The first-order valence-corrected chi connectivity index (χ1v) is 11.2. The number of aromatic nitrogens is 5. The van der Waals surface area contributed by atoms with Crippen molar-refractivity contribution in [3.8, 4) is 0 Å². The van der Waals surface area contributed by atoms with Crippen molar-refractivity contribution in [2.75, 3.05) is 16.0 Å². The first kappa shape index (κ1) is 22.7. The van der Waals surface area contributed by atoms with Crippen molar-refractivity contribution in [1.29, 1.82) is 0 Å². The van der Waals surface area contributed by atoms with E-state index >= 15 is 0 Å². The number of rotatable bonds is 7. The molecule has 0 aliphatic rings. The van der Waals surface area contributed by atoms with E-state index < -0.39 is 0 Å². The Kier molecular flexibility index (Phi) is 6.31. The summed E-state index contributed by atoms with van der Waals surface area (Å²) in [5.74, 6) is 2.18. The molecule has 0 saturated heterocycles. The molecule has 0 atom stereocenters. The van der Waals surface area contributed by atoms with Gasteiger partial charge in [0.25, 0.3) is 5.56 Å². The Labute approximate surface area is 206 Å². The number of carbonyl (C=O) groups excluding carboxylic acids is 1. The van der Waals surface area contributed by atoms with Crippen LogP contribution in [0.25, 0.3) is 10.9 Å². The van der Waals surface area contributed by atoms with Gasteiger partial charge in [0.15, 0.2) is 0 Å². The lowest BCUT2D eigenvalue weighted by molar-refractivity contribution is -0.116. The van der Waals surface area contributed by atoms with Crippen molar-refractivity contribution in [2.24, 2.45) is 0 Å². The van der Waals surface area contributed by atoms with Gasteiger partial charge in [-0.1, -0.05) is 18.2 Å². The third kappa shape index (κ3) is 5.33. The van der Waals surface area contributed by atoms with Gasteiger partial charge in [0.1, 0.15) is 29.8 Å². The fraction of sp³-hybridized carbons (Fsp3) is 0.0769. The molecule has 3 aromatic heterocycles. The van der Waals surface area contributed by atoms with E-state index in [2.05, 4.69) is 35.9 Å². The monoisotopic (exact) mass is 478 g/mol. The molecule has 0 aliphatic carbocycles. The normalized spacial score (nSPS) is 10.7. The van der Waals surface area contributed by atoms with Crippen LogP contribution in [0.5, 0.6) is 0 Å². The van der Waals surface area contributed by atoms with Gasteiger partial charge in [0.2, 0.25) is 5.91 Å². The second-order valence-corrected chi connectivity index (χ2v) is 7.97. The topological polar surface area (TPSA) is 127 Å². The van der Waals surface area contributed by atoms with E-state index in [1.807, 2.05) is 43.3 Å². The van der Waals surface area contributed by atoms with E-state index in [4.69, 9.17) is 0 Å². The average Bonchev–Trinajstić information content (AvgIpc) is 2.87. The minimum absolute atomic E-state index is 0.136. The minimum atomic E-state index is -0.327. The quantitative estimate of drug-likeness (QED) is 0.320. The number of nitrogens with zero attached hydrogens (tertiary/aromatic N) is 5. The lowest BCUT2D eigenvalue weighted by atomic mass is 10.2. The molecule has 0 radical (unpaired) electrons. The zero-order chi connectivity index (χ0) is 24.9. The molecule has 0 fully saturated rings. The van der Waals surface area contributed by atoms with Gasteiger partial charge in [-0.05, 0) is 55.5 Å².